The summed E-state index contributed by atoms with van der Waals surface area (Å²) < 4.78 is 0. The molecule has 1 aromatic carbocycles. The lowest BCUT2D eigenvalue weighted by Gasteiger charge is -2.55. The van der Waals surface area contributed by atoms with E-state index in [4.69, 9.17) is 0 Å². The molecule has 0 N–H and O–H groups in total. The first-order valence-corrected chi connectivity index (χ1v) is 8.82. The Hall–Kier alpha value is -2.37. The Balaban J connectivity index is 1.92. The maximum atomic E-state index is 13.3. The fourth-order valence-corrected chi connectivity index (χ4v) is 4.78. The van der Waals surface area contributed by atoms with Gasteiger partial charge < -0.3 is 4.90 Å². The molecule has 3 aliphatic rings. The normalized spacial score (nSPS) is 28.3. The van der Waals surface area contributed by atoms with Gasteiger partial charge in [-0.2, -0.15) is 0 Å². The second-order valence-electron chi connectivity index (χ2n) is 7.63. The van der Waals surface area contributed by atoms with E-state index in [1.54, 1.807) is 0 Å². The van der Waals surface area contributed by atoms with Crippen LogP contribution in [0, 0.1) is 11.3 Å². The quantitative estimate of drug-likeness (QED) is 0.676. The Morgan fingerprint density at radius 1 is 1.04 bits per heavy atom. The lowest BCUT2D eigenvalue weighted by molar-refractivity contribution is -0.160. The second kappa shape index (κ2) is 5.31. The van der Waals surface area contributed by atoms with E-state index in [1.807, 2.05) is 18.2 Å². The van der Waals surface area contributed by atoms with Crippen LogP contribution in [0.2, 0.25) is 0 Å². The van der Waals surface area contributed by atoms with Crippen LogP contribution in [-0.4, -0.2) is 54.3 Å². The average molecular weight is 341 g/mol. The van der Waals surface area contributed by atoms with Crippen molar-refractivity contribution in [1.82, 2.24) is 9.80 Å². The molecule has 0 bridgehead atoms. The molecule has 6 nitrogen and oxygen atoms in total. The van der Waals surface area contributed by atoms with Crippen molar-refractivity contribution < 1.29 is 14.4 Å². The lowest BCUT2D eigenvalue weighted by atomic mass is 9.64. The van der Waals surface area contributed by atoms with Crippen molar-refractivity contribution in [2.24, 2.45) is 11.3 Å². The van der Waals surface area contributed by atoms with Crippen LogP contribution in [0.1, 0.15) is 25.3 Å². The number of amides is 4. The predicted octanol–water partition coefficient (Wildman–Crippen LogP) is 1.88. The molecule has 132 valence electrons. The van der Waals surface area contributed by atoms with Gasteiger partial charge >= 0.3 is 6.03 Å². The van der Waals surface area contributed by atoms with Gasteiger partial charge in [0, 0.05) is 26.3 Å². The molecule has 4 rings (SSSR count). The van der Waals surface area contributed by atoms with E-state index >= 15 is 0 Å². The van der Waals surface area contributed by atoms with Crippen LogP contribution in [0.25, 0.3) is 0 Å². The SMILES string of the molecule is C[C@H]1CCN2c3ccccc3CC3(C(=O)N(C)C(=O)N(C)C3=O)[C@H]2C1. The Morgan fingerprint density at radius 3 is 2.36 bits per heavy atom. The number of piperidine rings is 1. The van der Waals surface area contributed by atoms with Crippen LogP contribution >= 0.6 is 0 Å². The fourth-order valence-electron chi connectivity index (χ4n) is 4.78. The zero-order chi connectivity index (χ0) is 17.9. The van der Waals surface area contributed by atoms with Gasteiger partial charge in [-0.15, -0.1) is 0 Å². The molecule has 3 aliphatic heterocycles. The number of nitrogens with zero attached hydrogens (tertiary/aromatic N) is 3. The van der Waals surface area contributed by atoms with Gasteiger partial charge in [0.25, 0.3) is 0 Å². The van der Waals surface area contributed by atoms with E-state index < -0.39 is 11.4 Å². The van der Waals surface area contributed by atoms with Crippen molar-refractivity contribution in [3.8, 4) is 0 Å². The highest BCUT2D eigenvalue weighted by atomic mass is 16.2. The van der Waals surface area contributed by atoms with E-state index in [1.165, 1.54) is 14.1 Å². The summed E-state index contributed by atoms with van der Waals surface area (Å²) in [5.74, 6) is -0.282. The fraction of sp³-hybridized carbons (Fsp3) is 0.526. The van der Waals surface area contributed by atoms with E-state index in [9.17, 15) is 14.4 Å². The van der Waals surface area contributed by atoms with Crippen molar-refractivity contribution in [2.75, 3.05) is 25.5 Å². The molecule has 0 aliphatic carbocycles. The van der Waals surface area contributed by atoms with Crippen LogP contribution < -0.4 is 4.90 Å². The highest BCUT2D eigenvalue weighted by Crippen LogP contribution is 2.49. The molecule has 6 heteroatoms. The summed E-state index contributed by atoms with van der Waals surface area (Å²) in [4.78, 5) is 43.2. The molecule has 25 heavy (non-hydrogen) atoms. The van der Waals surface area contributed by atoms with E-state index in [2.05, 4.69) is 17.9 Å². The Labute approximate surface area is 147 Å². The molecule has 3 heterocycles. The third kappa shape index (κ3) is 2.00. The molecular formula is C19H23N3O3. The average Bonchev–Trinajstić information content (AvgIpc) is 2.63. The summed E-state index contributed by atoms with van der Waals surface area (Å²) in [6.07, 6.45) is 2.17. The predicted molar refractivity (Wildman–Crippen MR) is 93.0 cm³/mol. The van der Waals surface area contributed by atoms with Crippen LogP contribution in [0.3, 0.4) is 0 Å². The number of rotatable bonds is 0. The van der Waals surface area contributed by atoms with Gasteiger partial charge in [0.2, 0.25) is 11.8 Å². The minimum absolute atomic E-state index is 0.204. The number of imide groups is 2. The summed E-state index contributed by atoms with van der Waals surface area (Å²) in [6.45, 7) is 2.99. The largest absolute Gasteiger partial charge is 0.367 e. The minimum Gasteiger partial charge on any atom is -0.367 e. The van der Waals surface area contributed by atoms with Crippen molar-refractivity contribution >= 4 is 23.5 Å². The van der Waals surface area contributed by atoms with Crippen LogP contribution in [0.4, 0.5) is 10.5 Å². The second-order valence-corrected chi connectivity index (χ2v) is 7.63. The van der Waals surface area contributed by atoms with E-state index in [-0.39, 0.29) is 17.9 Å². The number of barbiturate groups is 1. The summed E-state index contributed by atoms with van der Waals surface area (Å²) in [7, 11) is 2.96. The first-order valence-electron chi connectivity index (χ1n) is 8.82. The smallest absolute Gasteiger partial charge is 0.332 e. The number of fused-ring (bicyclic) bond motifs is 4. The van der Waals surface area contributed by atoms with Gasteiger partial charge in [-0.3, -0.25) is 19.4 Å². The van der Waals surface area contributed by atoms with Gasteiger partial charge in [-0.05, 0) is 36.8 Å². The number of hydrogen-bond acceptors (Lipinski definition) is 4. The number of urea groups is 1. The number of carbonyl (C=O) groups excluding carboxylic acids is 3. The first-order chi connectivity index (χ1) is 11.9. The Kier molecular flexibility index (Phi) is 3.42. The molecule has 2 atom stereocenters. The maximum absolute atomic E-state index is 13.3. The van der Waals surface area contributed by atoms with Crippen LogP contribution in [0.15, 0.2) is 24.3 Å². The van der Waals surface area contributed by atoms with Gasteiger partial charge in [0.15, 0.2) is 5.41 Å². The molecule has 4 amide bonds. The van der Waals surface area contributed by atoms with Crippen molar-refractivity contribution in [2.45, 2.75) is 32.2 Å². The zero-order valence-corrected chi connectivity index (χ0v) is 14.9. The standard InChI is InChI=1S/C19H23N3O3/c1-12-8-9-22-14-7-5-4-6-13(14)11-19(15(22)10-12)16(23)20(2)18(25)21(3)17(19)24/h4-7,12,15H,8-11H2,1-3H3/t12-,15+/m0/s1. The highest BCUT2D eigenvalue weighted by molar-refractivity contribution is 6.20. The summed E-state index contributed by atoms with van der Waals surface area (Å²) in [5, 5.41) is 0. The molecule has 0 unspecified atom stereocenters. The van der Waals surface area contributed by atoms with Gasteiger partial charge in [0.05, 0.1) is 6.04 Å². The van der Waals surface area contributed by atoms with Crippen molar-refractivity contribution in [3.63, 3.8) is 0 Å². The van der Waals surface area contributed by atoms with E-state index in [0.717, 1.165) is 40.4 Å². The molecule has 0 saturated carbocycles. The molecule has 0 aromatic heterocycles. The van der Waals surface area contributed by atoms with Crippen LogP contribution in [-0.2, 0) is 16.0 Å². The Morgan fingerprint density at radius 2 is 1.68 bits per heavy atom. The molecular weight excluding hydrogens is 318 g/mol. The number of carbonyl (C=O) groups is 3. The summed E-state index contributed by atoms with van der Waals surface area (Å²) >= 11 is 0. The third-order valence-electron chi connectivity index (χ3n) is 6.15. The number of para-hydroxylation sites is 1. The maximum Gasteiger partial charge on any atom is 0.332 e. The van der Waals surface area contributed by atoms with Gasteiger partial charge in [0.1, 0.15) is 0 Å². The molecule has 2 fully saturated rings. The minimum atomic E-state index is -1.21. The van der Waals surface area contributed by atoms with Crippen LogP contribution in [0.5, 0.6) is 0 Å². The topological polar surface area (TPSA) is 60.9 Å². The molecule has 2 saturated heterocycles. The molecule has 0 radical (unpaired) electrons. The molecule has 1 aromatic rings. The van der Waals surface area contributed by atoms with Crippen molar-refractivity contribution in [3.05, 3.63) is 29.8 Å². The summed E-state index contributed by atoms with van der Waals surface area (Å²) in [5.41, 5.74) is 0.916. The monoisotopic (exact) mass is 341 g/mol. The van der Waals surface area contributed by atoms with Gasteiger partial charge in [-0.25, -0.2) is 4.79 Å². The number of anilines is 1. The Bertz CT molecular complexity index is 751. The first kappa shape index (κ1) is 16.1. The number of hydrogen-bond donors (Lipinski definition) is 0. The van der Waals surface area contributed by atoms with Crippen molar-refractivity contribution in [1.29, 1.82) is 0 Å². The number of benzene rings is 1. The lowest BCUT2D eigenvalue weighted by Crippen LogP contribution is -2.72. The summed E-state index contributed by atoms with van der Waals surface area (Å²) in [6, 6.07) is 7.25. The third-order valence-corrected chi connectivity index (χ3v) is 6.15. The molecule has 1 spiro atoms. The van der Waals surface area contributed by atoms with E-state index in [0.29, 0.717) is 12.3 Å². The van der Waals surface area contributed by atoms with Gasteiger partial charge in [-0.1, -0.05) is 25.1 Å². The zero-order valence-electron chi connectivity index (χ0n) is 14.9. The highest BCUT2D eigenvalue weighted by Gasteiger charge is 2.63.